The van der Waals surface area contributed by atoms with Crippen LogP contribution in [0.4, 0.5) is 5.69 Å². The molecule has 90 valence electrons. The van der Waals surface area contributed by atoms with Gasteiger partial charge in [-0.2, -0.15) is 0 Å². The van der Waals surface area contributed by atoms with E-state index < -0.39 is 0 Å². The summed E-state index contributed by atoms with van der Waals surface area (Å²) in [5, 5.41) is 6.56. The summed E-state index contributed by atoms with van der Waals surface area (Å²) in [6, 6.07) is 8.80. The van der Waals surface area contributed by atoms with Crippen LogP contribution in [0.5, 0.6) is 0 Å². The Hall–Kier alpha value is -1.02. The fourth-order valence-corrected chi connectivity index (χ4v) is 1.73. The van der Waals surface area contributed by atoms with Crippen LogP contribution < -0.4 is 10.6 Å². The third-order valence-corrected chi connectivity index (χ3v) is 2.53. The minimum atomic E-state index is 0.731. The number of nitrogens with one attached hydrogen (secondary N) is 2. The molecule has 1 aromatic carbocycles. The van der Waals surface area contributed by atoms with Crippen LogP contribution in [0.15, 0.2) is 24.3 Å². The van der Waals surface area contributed by atoms with E-state index in [-0.39, 0.29) is 0 Å². The van der Waals surface area contributed by atoms with Gasteiger partial charge in [-0.05, 0) is 50.0 Å². The second-order valence-electron chi connectivity index (χ2n) is 4.68. The summed E-state index contributed by atoms with van der Waals surface area (Å²) >= 11 is 0. The topological polar surface area (TPSA) is 24.1 Å². The molecule has 0 heterocycles. The van der Waals surface area contributed by atoms with Crippen LogP contribution in [-0.2, 0) is 6.42 Å². The van der Waals surface area contributed by atoms with E-state index in [1.807, 2.05) is 7.05 Å². The van der Waals surface area contributed by atoms with Crippen molar-refractivity contribution in [3.8, 4) is 0 Å². The maximum absolute atomic E-state index is 3.42. The molecular weight excluding hydrogens is 196 g/mol. The molecule has 0 aromatic heterocycles. The first kappa shape index (κ1) is 13.0. The summed E-state index contributed by atoms with van der Waals surface area (Å²) in [5.74, 6) is 0.731. The molecule has 0 saturated heterocycles. The molecule has 0 saturated carbocycles. The molecule has 2 N–H and O–H groups in total. The quantitative estimate of drug-likeness (QED) is 0.690. The SMILES string of the molecule is CNCCCNc1ccc(CC(C)C)cc1. The van der Waals surface area contributed by atoms with Crippen molar-refractivity contribution in [3.63, 3.8) is 0 Å². The Bertz CT molecular complexity index is 277. The monoisotopic (exact) mass is 220 g/mol. The van der Waals surface area contributed by atoms with Gasteiger partial charge in [0, 0.05) is 12.2 Å². The van der Waals surface area contributed by atoms with Gasteiger partial charge < -0.3 is 10.6 Å². The number of anilines is 1. The van der Waals surface area contributed by atoms with E-state index in [0.29, 0.717) is 0 Å². The minimum Gasteiger partial charge on any atom is -0.385 e. The van der Waals surface area contributed by atoms with Crippen molar-refractivity contribution in [1.29, 1.82) is 0 Å². The van der Waals surface area contributed by atoms with Crippen molar-refractivity contribution in [2.45, 2.75) is 26.7 Å². The van der Waals surface area contributed by atoms with Gasteiger partial charge in [0.05, 0.1) is 0 Å². The lowest BCUT2D eigenvalue weighted by molar-refractivity contribution is 0.647. The molecule has 0 radical (unpaired) electrons. The van der Waals surface area contributed by atoms with E-state index in [4.69, 9.17) is 0 Å². The third kappa shape index (κ3) is 5.17. The zero-order valence-electron chi connectivity index (χ0n) is 10.7. The molecule has 0 amide bonds. The van der Waals surface area contributed by atoms with Crippen LogP contribution in [0.2, 0.25) is 0 Å². The highest BCUT2D eigenvalue weighted by Crippen LogP contribution is 2.12. The van der Waals surface area contributed by atoms with Crippen molar-refractivity contribution in [2.75, 3.05) is 25.5 Å². The van der Waals surface area contributed by atoms with Crippen molar-refractivity contribution < 1.29 is 0 Å². The van der Waals surface area contributed by atoms with Gasteiger partial charge in [0.1, 0.15) is 0 Å². The first-order chi connectivity index (χ1) is 7.72. The Kier molecular flexibility index (Phi) is 5.94. The molecule has 0 bridgehead atoms. The molecule has 0 aliphatic rings. The van der Waals surface area contributed by atoms with Gasteiger partial charge in [-0.1, -0.05) is 26.0 Å². The largest absolute Gasteiger partial charge is 0.385 e. The molecule has 0 fully saturated rings. The second kappa shape index (κ2) is 7.29. The average Bonchev–Trinajstić information content (AvgIpc) is 2.26. The maximum atomic E-state index is 3.42. The molecular formula is C14H24N2. The molecule has 16 heavy (non-hydrogen) atoms. The molecule has 2 heteroatoms. The van der Waals surface area contributed by atoms with Gasteiger partial charge in [0.25, 0.3) is 0 Å². The van der Waals surface area contributed by atoms with Gasteiger partial charge in [-0.15, -0.1) is 0 Å². The predicted octanol–water partition coefficient (Wildman–Crippen LogP) is 2.91. The van der Waals surface area contributed by atoms with Gasteiger partial charge in [0.15, 0.2) is 0 Å². The lowest BCUT2D eigenvalue weighted by atomic mass is 10.0. The summed E-state index contributed by atoms with van der Waals surface area (Å²) in [6.07, 6.45) is 2.32. The van der Waals surface area contributed by atoms with Crippen LogP contribution in [-0.4, -0.2) is 20.1 Å². The van der Waals surface area contributed by atoms with Crippen LogP contribution in [0.1, 0.15) is 25.8 Å². The minimum absolute atomic E-state index is 0.731. The van der Waals surface area contributed by atoms with E-state index in [0.717, 1.165) is 25.4 Å². The highest BCUT2D eigenvalue weighted by molar-refractivity contribution is 5.44. The van der Waals surface area contributed by atoms with E-state index in [1.165, 1.54) is 17.7 Å². The number of hydrogen-bond donors (Lipinski definition) is 2. The fraction of sp³-hybridized carbons (Fsp3) is 0.571. The van der Waals surface area contributed by atoms with Crippen LogP contribution in [0.3, 0.4) is 0 Å². The number of rotatable bonds is 7. The highest BCUT2D eigenvalue weighted by Gasteiger charge is 1.97. The van der Waals surface area contributed by atoms with Crippen molar-refractivity contribution in [2.24, 2.45) is 5.92 Å². The molecule has 1 rings (SSSR count). The van der Waals surface area contributed by atoms with Crippen LogP contribution in [0, 0.1) is 5.92 Å². The predicted molar refractivity (Wildman–Crippen MR) is 72.0 cm³/mol. The second-order valence-corrected chi connectivity index (χ2v) is 4.68. The molecule has 0 aliphatic carbocycles. The smallest absolute Gasteiger partial charge is 0.0340 e. The Balaban J connectivity index is 2.33. The standard InChI is InChI=1S/C14H24N2/c1-12(2)11-13-5-7-14(8-6-13)16-10-4-9-15-3/h5-8,12,15-16H,4,9-11H2,1-3H3. The molecule has 0 aliphatic heterocycles. The first-order valence-electron chi connectivity index (χ1n) is 6.19. The van der Waals surface area contributed by atoms with E-state index in [9.17, 15) is 0 Å². The number of hydrogen-bond acceptors (Lipinski definition) is 2. The Labute approximate surface area is 99.5 Å². The molecule has 0 unspecified atom stereocenters. The third-order valence-electron chi connectivity index (χ3n) is 2.53. The summed E-state index contributed by atoms with van der Waals surface area (Å²) in [7, 11) is 1.99. The molecule has 2 nitrogen and oxygen atoms in total. The fourth-order valence-electron chi connectivity index (χ4n) is 1.73. The Morgan fingerprint density at radius 3 is 2.31 bits per heavy atom. The highest BCUT2D eigenvalue weighted by atomic mass is 14.9. The van der Waals surface area contributed by atoms with Crippen molar-refractivity contribution in [3.05, 3.63) is 29.8 Å². The van der Waals surface area contributed by atoms with Gasteiger partial charge in [-0.25, -0.2) is 0 Å². The summed E-state index contributed by atoms with van der Waals surface area (Å²) in [4.78, 5) is 0. The van der Waals surface area contributed by atoms with Gasteiger partial charge in [-0.3, -0.25) is 0 Å². The van der Waals surface area contributed by atoms with Gasteiger partial charge >= 0.3 is 0 Å². The normalized spacial score (nSPS) is 10.8. The van der Waals surface area contributed by atoms with E-state index in [1.54, 1.807) is 0 Å². The summed E-state index contributed by atoms with van der Waals surface area (Å²) < 4.78 is 0. The van der Waals surface area contributed by atoms with E-state index in [2.05, 4.69) is 48.7 Å². The van der Waals surface area contributed by atoms with Gasteiger partial charge in [0.2, 0.25) is 0 Å². The summed E-state index contributed by atoms with van der Waals surface area (Å²) in [5.41, 5.74) is 2.65. The average molecular weight is 220 g/mol. The number of benzene rings is 1. The van der Waals surface area contributed by atoms with Crippen molar-refractivity contribution >= 4 is 5.69 Å². The Morgan fingerprint density at radius 2 is 1.75 bits per heavy atom. The molecule has 1 aromatic rings. The maximum Gasteiger partial charge on any atom is 0.0340 e. The molecule has 0 spiro atoms. The van der Waals surface area contributed by atoms with Crippen molar-refractivity contribution in [1.82, 2.24) is 5.32 Å². The lowest BCUT2D eigenvalue weighted by Crippen LogP contribution is -2.12. The summed E-state index contributed by atoms with van der Waals surface area (Å²) in [6.45, 7) is 6.61. The van der Waals surface area contributed by atoms with E-state index >= 15 is 0 Å². The Morgan fingerprint density at radius 1 is 1.06 bits per heavy atom. The van der Waals surface area contributed by atoms with Crippen LogP contribution >= 0.6 is 0 Å². The first-order valence-corrected chi connectivity index (χ1v) is 6.19. The van der Waals surface area contributed by atoms with Crippen LogP contribution in [0.25, 0.3) is 0 Å². The molecule has 0 atom stereocenters. The zero-order valence-corrected chi connectivity index (χ0v) is 10.7. The zero-order chi connectivity index (χ0) is 11.8. The lowest BCUT2D eigenvalue weighted by Gasteiger charge is -2.08.